The maximum absolute atomic E-state index is 13.1. The van der Waals surface area contributed by atoms with Gasteiger partial charge in [0.2, 0.25) is 11.7 Å². The molecule has 6 heteroatoms. The summed E-state index contributed by atoms with van der Waals surface area (Å²) in [4.78, 5) is 28.4. The van der Waals surface area contributed by atoms with Gasteiger partial charge in [0, 0.05) is 23.8 Å². The molecule has 0 saturated carbocycles. The Morgan fingerprint density at radius 3 is 2.33 bits per heavy atom. The van der Waals surface area contributed by atoms with E-state index in [1.165, 1.54) is 12.1 Å². The topological polar surface area (TPSA) is 81.8 Å². The fourth-order valence-corrected chi connectivity index (χ4v) is 3.28. The van der Waals surface area contributed by atoms with Gasteiger partial charge in [-0.2, -0.15) is 0 Å². The van der Waals surface area contributed by atoms with Gasteiger partial charge in [-0.1, -0.05) is 72.8 Å². The van der Waals surface area contributed by atoms with Crippen molar-refractivity contribution in [3.8, 4) is 0 Å². The summed E-state index contributed by atoms with van der Waals surface area (Å²) in [7, 11) is 0. The van der Waals surface area contributed by atoms with Crippen molar-refractivity contribution in [2.75, 3.05) is 0 Å². The van der Waals surface area contributed by atoms with Crippen LogP contribution >= 0.6 is 0 Å². The summed E-state index contributed by atoms with van der Waals surface area (Å²) < 4.78 is 5.91. The summed E-state index contributed by atoms with van der Waals surface area (Å²) >= 11 is 0. The Labute approximate surface area is 173 Å². The Morgan fingerprint density at radius 2 is 1.63 bits per heavy atom. The van der Waals surface area contributed by atoms with Crippen molar-refractivity contribution in [2.24, 2.45) is 4.99 Å². The lowest BCUT2D eigenvalue weighted by Crippen LogP contribution is -2.27. The van der Waals surface area contributed by atoms with Crippen LogP contribution < -0.4 is 0 Å². The molecule has 0 aromatic heterocycles. The highest BCUT2D eigenvalue weighted by Crippen LogP contribution is 2.33. The van der Waals surface area contributed by atoms with Crippen molar-refractivity contribution in [1.82, 2.24) is 0 Å². The molecule has 30 heavy (non-hydrogen) atoms. The van der Waals surface area contributed by atoms with E-state index in [9.17, 15) is 14.9 Å². The van der Waals surface area contributed by atoms with E-state index in [-0.39, 0.29) is 11.5 Å². The zero-order chi connectivity index (χ0) is 20.9. The van der Waals surface area contributed by atoms with Gasteiger partial charge >= 0.3 is 0 Å². The van der Waals surface area contributed by atoms with Crippen LogP contribution in [0.3, 0.4) is 0 Å². The molecule has 0 bridgehead atoms. The predicted octanol–water partition coefficient (Wildman–Crippen LogP) is 5.03. The molecule has 3 aromatic carbocycles. The van der Waals surface area contributed by atoms with E-state index in [0.29, 0.717) is 17.0 Å². The molecule has 1 aliphatic heterocycles. The molecule has 148 valence electrons. The Morgan fingerprint density at radius 1 is 0.933 bits per heavy atom. The first-order chi connectivity index (χ1) is 14.6. The summed E-state index contributed by atoms with van der Waals surface area (Å²) in [6.45, 7) is 0. The molecule has 0 spiro atoms. The number of nitro benzene ring substituents is 1. The molecule has 3 aromatic rings. The third-order valence-corrected chi connectivity index (χ3v) is 4.76. The third-order valence-electron chi connectivity index (χ3n) is 4.76. The Hall–Kier alpha value is -4.06. The summed E-state index contributed by atoms with van der Waals surface area (Å²) in [6, 6.07) is 24.0. The molecule has 2 atom stereocenters. The van der Waals surface area contributed by atoms with Gasteiger partial charge in [-0.15, -0.1) is 0 Å². The molecular weight excluding hydrogens is 380 g/mol. The summed E-state index contributed by atoms with van der Waals surface area (Å²) in [5, 5.41) is 11.2. The SMILES string of the molecule is O=C(c1ccccc1)[C@H]1OC(/C=C/c2ccccc2)=N[C@@H]1c1cccc([N+](=O)[O-])c1. The van der Waals surface area contributed by atoms with Gasteiger partial charge < -0.3 is 4.74 Å². The van der Waals surface area contributed by atoms with Gasteiger partial charge in [0.1, 0.15) is 6.04 Å². The number of nitro groups is 1. The van der Waals surface area contributed by atoms with E-state index in [1.54, 1.807) is 42.5 Å². The number of carbonyl (C=O) groups is 1. The van der Waals surface area contributed by atoms with Crippen LogP contribution in [0.1, 0.15) is 27.5 Å². The molecule has 1 heterocycles. The maximum atomic E-state index is 13.1. The second-order valence-corrected chi connectivity index (χ2v) is 6.78. The molecule has 6 nitrogen and oxygen atoms in total. The van der Waals surface area contributed by atoms with Crippen molar-refractivity contribution in [2.45, 2.75) is 12.1 Å². The minimum atomic E-state index is -0.898. The number of aliphatic imine (C=N–C) groups is 1. The second kappa shape index (κ2) is 8.53. The molecule has 0 N–H and O–H groups in total. The summed E-state index contributed by atoms with van der Waals surface area (Å²) in [5.41, 5.74) is 1.97. The molecule has 1 aliphatic rings. The van der Waals surface area contributed by atoms with Crippen molar-refractivity contribution in [3.05, 3.63) is 118 Å². The molecule has 4 rings (SSSR count). The van der Waals surface area contributed by atoms with Gasteiger partial charge in [-0.05, 0) is 17.2 Å². The number of Topliss-reactive ketones (excluding diaryl/α,β-unsaturated/α-hetero) is 1. The fourth-order valence-electron chi connectivity index (χ4n) is 3.28. The summed E-state index contributed by atoms with van der Waals surface area (Å²) in [6.07, 6.45) is 2.65. The van der Waals surface area contributed by atoms with Crippen molar-refractivity contribution < 1.29 is 14.5 Å². The zero-order valence-corrected chi connectivity index (χ0v) is 15.9. The largest absolute Gasteiger partial charge is 0.463 e. The lowest BCUT2D eigenvalue weighted by atomic mass is 9.95. The number of non-ortho nitro benzene ring substituents is 1. The number of hydrogen-bond acceptors (Lipinski definition) is 5. The van der Waals surface area contributed by atoms with Gasteiger partial charge in [-0.25, -0.2) is 4.99 Å². The van der Waals surface area contributed by atoms with Crippen LogP contribution in [-0.2, 0) is 4.74 Å². The van der Waals surface area contributed by atoms with Crippen LogP contribution in [0.25, 0.3) is 6.08 Å². The lowest BCUT2D eigenvalue weighted by Gasteiger charge is -2.16. The highest BCUT2D eigenvalue weighted by atomic mass is 16.6. The van der Waals surface area contributed by atoms with Crippen molar-refractivity contribution >= 4 is 23.4 Å². The van der Waals surface area contributed by atoms with E-state index in [1.807, 2.05) is 42.5 Å². The van der Waals surface area contributed by atoms with Crippen molar-refractivity contribution in [3.63, 3.8) is 0 Å². The maximum Gasteiger partial charge on any atom is 0.269 e. The number of hydrogen-bond donors (Lipinski definition) is 0. The Balaban J connectivity index is 1.68. The molecule has 0 aliphatic carbocycles. The van der Waals surface area contributed by atoms with Gasteiger partial charge in [-0.3, -0.25) is 14.9 Å². The first kappa shape index (κ1) is 19.3. The molecule has 0 fully saturated rings. The monoisotopic (exact) mass is 398 g/mol. The number of ketones is 1. The Bertz CT molecular complexity index is 1120. The van der Waals surface area contributed by atoms with Gasteiger partial charge in [0.25, 0.3) is 5.69 Å². The number of benzene rings is 3. The first-order valence-electron chi connectivity index (χ1n) is 9.43. The molecular formula is C24H18N2O4. The average Bonchev–Trinajstić information content (AvgIpc) is 3.23. The fraction of sp³-hybridized carbons (Fsp3) is 0.0833. The number of nitrogens with zero attached hydrogens (tertiary/aromatic N) is 2. The van der Waals surface area contributed by atoms with E-state index in [4.69, 9.17) is 4.74 Å². The number of carbonyl (C=O) groups excluding carboxylic acids is 1. The first-order valence-corrected chi connectivity index (χ1v) is 9.43. The van der Waals surface area contributed by atoms with E-state index in [2.05, 4.69) is 4.99 Å². The minimum Gasteiger partial charge on any atom is -0.463 e. The lowest BCUT2D eigenvalue weighted by molar-refractivity contribution is -0.384. The normalized spacial score (nSPS) is 18.1. The molecule has 0 unspecified atom stereocenters. The predicted molar refractivity (Wildman–Crippen MR) is 114 cm³/mol. The standard InChI is InChI=1S/C24H18N2O4/c27-23(18-10-5-2-6-11-18)24-22(19-12-7-13-20(16-19)26(28)29)25-21(30-24)15-14-17-8-3-1-4-9-17/h1-16,22,24H/b15-14+/t22-,24+/m1/s1. The molecule has 0 amide bonds. The van der Waals surface area contributed by atoms with Gasteiger partial charge in [0.05, 0.1) is 4.92 Å². The Kier molecular flexibility index (Phi) is 5.48. The quantitative estimate of drug-likeness (QED) is 0.331. The van der Waals surface area contributed by atoms with Crippen LogP contribution in [-0.4, -0.2) is 22.7 Å². The molecule has 0 saturated heterocycles. The molecule has 0 radical (unpaired) electrons. The third kappa shape index (κ3) is 4.17. The van der Waals surface area contributed by atoms with Crippen LogP contribution in [0.15, 0.2) is 96.0 Å². The smallest absolute Gasteiger partial charge is 0.269 e. The van der Waals surface area contributed by atoms with E-state index in [0.717, 1.165) is 5.56 Å². The van der Waals surface area contributed by atoms with Crippen molar-refractivity contribution in [1.29, 1.82) is 0 Å². The van der Waals surface area contributed by atoms with E-state index < -0.39 is 17.1 Å². The van der Waals surface area contributed by atoms with Crippen LogP contribution in [0.5, 0.6) is 0 Å². The van der Waals surface area contributed by atoms with E-state index >= 15 is 0 Å². The average molecular weight is 398 g/mol. The second-order valence-electron chi connectivity index (χ2n) is 6.78. The number of ether oxygens (including phenoxy) is 1. The minimum absolute atomic E-state index is 0.0538. The highest BCUT2D eigenvalue weighted by Gasteiger charge is 2.38. The van der Waals surface area contributed by atoms with Gasteiger partial charge in [0.15, 0.2) is 6.10 Å². The van der Waals surface area contributed by atoms with Crippen LogP contribution in [0.4, 0.5) is 5.69 Å². The highest BCUT2D eigenvalue weighted by molar-refractivity contribution is 6.04. The summed E-state index contributed by atoms with van der Waals surface area (Å²) in [5.74, 6) is 0.0867. The number of rotatable bonds is 6. The van der Waals surface area contributed by atoms with Crippen LogP contribution in [0, 0.1) is 10.1 Å². The van der Waals surface area contributed by atoms with Crippen LogP contribution in [0.2, 0.25) is 0 Å². The zero-order valence-electron chi connectivity index (χ0n) is 15.9.